The summed E-state index contributed by atoms with van der Waals surface area (Å²) in [7, 11) is 0. The summed E-state index contributed by atoms with van der Waals surface area (Å²) in [5, 5.41) is 3.66. The van der Waals surface area contributed by atoms with Crippen LogP contribution in [-0.2, 0) is 6.54 Å². The maximum absolute atomic E-state index is 4.13. The van der Waals surface area contributed by atoms with E-state index in [1.807, 2.05) is 12.5 Å². The summed E-state index contributed by atoms with van der Waals surface area (Å²) in [6.45, 7) is 5.60. The second kappa shape index (κ2) is 6.06. The molecule has 0 amide bonds. The van der Waals surface area contributed by atoms with Gasteiger partial charge >= 0.3 is 0 Å². The highest BCUT2D eigenvalue weighted by atomic mass is 15.2. The van der Waals surface area contributed by atoms with Gasteiger partial charge in [-0.05, 0) is 32.2 Å². The third-order valence-electron chi connectivity index (χ3n) is 4.79. The second-order valence-corrected chi connectivity index (χ2v) is 6.00. The minimum atomic E-state index is 0.754. The Morgan fingerprint density at radius 2 is 2.00 bits per heavy atom. The van der Waals surface area contributed by atoms with Crippen LogP contribution in [-0.4, -0.2) is 45.7 Å². The molecule has 19 heavy (non-hydrogen) atoms. The lowest BCUT2D eigenvalue weighted by Gasteiger charge is -2.49. The SMILES string of the molecule is CCNC1CC2CCCC(C1)N2CCn1ccnc1. The molecule has 2 aliphatic heterocycles. The lowest BCUT2D eigenvalue weighted by molar-refractivity contribution is 0.0223. The first-order valence-electron chi connectivity index (χ1n) is 7.81. The Bertz CT molecular complexity index is 362. The molecule has 2 aliphatic rings. The van der Waals surface area contributed by atoms with E-state index >= 15 is 0 Å². The molecule has 1 aromatic heterocycles. The highest BCUT2D eigenvalue weighted by molar-refractivity contribution is 4.95. The van der Waals surface area contributed by atoms with Crippen LogP contribution in [0.3, 0.4) is 0 Å². The van der Waals surface area contributed by atoms with E-state index in [0.29, 0.717) is 0 Å². The lowest BCUT2D eigenvalue weighted by Crippen LogP contribution is -2.56. The Balaban J connectivity index is 1.59. The van der Waals surface area contributed by atoms with Crippen LogP contribution in [0.1, 0.15) is 39.0 Å². The van der Waals surface area contributed by atoms with E-state index in [0.717, 1.165) is 31.2 Å². The van der Waals surface area contributed by atoms with E-state index in [9.17, 15) is 0 Å². The van der Waals surface area contributed by atoms with Crippen molar-refractivity contribution in [3.8, 4) is 0 Å². The summed E-state index contributed by atoms with van der Waals surface area (Å²) in [5.41, 5.74) is 0. The van der Waals surface area contributed by atoms with Gasteiger partial charge in [-0.15, -0.1) is 0 Å². The van der Waals surface area contributed by atoms with Gasteiger partial charge in [0.15, 0.2) is 0 Å². The molecule has 4 nitrogen and oxygen atoms in total. The maximum atomic E-state index is 4.13. The number of nitrogens with zero attached hydrogens (tertiary/aromatic N) is 3. The molecule has 2 fully saturated rings. The molecule has 3 rings (SSSR count). The number of hydrogen-bond donors (Lipinski definition) is 1. The monoisotopic (exact) mass is 262 g/mol. The molecule has 0 spiro atoms. The number of fused-ring (bicyclic) bond motifs is 2. The fraction of sp³-hybridized carbons (Fsp3) is 0.800. The van der Waals surface area contributed by atoms with Gasteiger partial charge in [-0.25, -0.2) is 4.98 Å². The largest absolute Gasteiger partial charge is 0.336 e. The molecule has 2 atom stereocenters. The molecule has 1 aromatic rings. The van der Waals surface area contributed by atoms with Crippen LogP contribution in [0.4, 0.5) is 0 Å². The summed E-state index contributed by atoms with van der Waals surface area (Å²) >= 11 is 0. The van der Waals surface area contributed by atoms with E-state index in [2.05, 4.69) is 32.9 Å². The quantitative estimate of drug-likeness (QED) is 0.879. The van der Waals surface area contributed by atoms with Crippen molar-refractivity contribution >= 4 is 0 Å². The normalized spacial score (nSPS) is 31.5. The minimum absolute atomic E-state index is 0.754. The first-order chi connectivity index (χ1) is 9.36. The highest BCUT2D eigenvalue weighted by Crippen LogP contribution is 2.33. The van der Waals surface area contributed by atoms with Gasteiger partial charge in [-0.1, -0.05) is 13.3 Å². The van der Waals surface area contributed by atoms with Crippen molar-refractivity contribution < 1.29 is 0 Å². The van der Waals surface area contributed by atoms with E-state index in [1.165, 1.54) is 38.6 Å². The third kappa shape index (κ3) is 3.00. The number of nitrogens with one attached hydrogen (secondary N) is 1. The molecular weight excluding hydrogens is 236 g/mol. The van der Waals surface area contributed by atoms with Crippen LogP contribution in [0.2, 0.25) is 0 Å². The Morgan fingerprint density at radius 3 is 2.63 bits per heavy atom. The van der Waals surface area contributed by atoms with Crippen molar-refractivity contribution in [2.24, 2.45) is 0 Å². The van der Waals surface area contributed by atoms with Crippen LogP contribution in [0.15, 0.2) is 18.7 Å². The summed E-state index contributed by atoms with van der Waals surface area (Å²) in [5.74, 6) is 0. The molecule has 2 bridgehead atoms. The molecule has 2 saturated heterocycles. The maximum Gasteiger partial charge on any atom is 0.0946 e. The first kappa shape index (κ1) is 13.1. The number of imidazole rings is 1. The molecule has 0 radical (unpaired) electrons. The highest BCUT2D eigenvalue weighted by Gasteiger charge is 2.37. The van der Waals surface area contributed by atoms with E-state index in [4.69, 9.17) is 0 Å². The van der Waals surface area contributed by atoms with E-state index in [-0.39, 0.29) is 0 Å². The zero-order valence-electron chi connectivity index (χ0n) is 12.0. The van der Waals surface area contributed by atoms with Crippen molar-refractivity contribution in [1.82, 2.24) is 19.8 Å². The zero-order valence-corrected chi connectivity index (χ0v) is 12.0. The summed E-state index contributed by atoms with van der Waals surface area (Å²) < 4.78 is 2.20. The van der Waals surface area contributed by atoms with Gasteiger partial charge in [0.2, 0.25) is 0 Å². The number of piperidine rings is 2. The lowest BCUT2D eigenvalue weighted by atomic mass is 9.81. The topological polar surface area (TPSA) is 33.1 Å². The fourth-order valence-electron chi connectivity index (χ4n) is 3.95. The van der Waals surface area contributed by atoms with Crippen LogP contribution < -0.4 is 5.32 Å². The molecule has 2 unspecified atom stereocenters. The predicted octanol–water partition coefficient (Wildman–Crippen LogP) is 1.88. The Kier molecular flexibility index (Phi) is 4.18. The van der Waals surface area contributed by atoms with Gasteiger partial charge in [0, 0.05) is 43.6 Å². The molecule has 0 aliphatic carbocycles. The van der Waals surface area contributed by atoms with Crippen molar-refractivity contribution in [2.75, 3.05) is 13.1 Å². The first-order valence-corrected chi connectivity index (χ1v) is 7.81. The standard InChI is InChI=1S/C15H26N4/c1-2-17-13-10-14-4-3-5-15(11-13)19(14)9-8-18-7-6-16-12-18/h6-7,12-15,17H,2-5,8-11H2,1H3. The second-order valence-electron chi connectivity index (χ2n) is 6.00. The van der Waals surface area contributed by atoms with Crippen molar-refractivity contribution in [2.45, 2.75) is 63.7 Å². The number of rotatable bonds is 5. The van der Waals surface area contributed by atoms with Gasteiger partial charge in [-0.3, -0.25) is 4.90 Å². The zero-order chi connectivity index (χ0) is 13.1. The van der Waals surface area contributed by atoms with Crippen molar-refractivity contribution in [3.63, 3.8) is 0 Å². The summed E-state index contributed by atoms with van der Waals surface area (Å²) in [6.07, 6.45) is 12.8. The average Bonchev–Trinajstić information content (AvgIpc) is 2.89. The van der Waals surface area contributed by atoms with Crippen molar-refractivity contribution in [3.05, 3.63) is 18.7 Å². The summed E-state index contributed by atoms with van der Waals surface area (Å²) in [6, 6.07) is 2.37. The third-order valence-corrected chi connectivity index (χ3v) is 4.79. The molecule has 0 aromatic carbocycles. The van der Waals surface area contributed by atoms with Gasteiger partial charge in [0.25, 0.3) is 0 Å². The minimum Gasteiger partial charge on any atom is -0.336 e. The molecular formula is C15H26N4. The summed E-state index contributed by atoms with van der Waals surface area (Å²) in [4.78, 5) is 6.90. The van der Waals surface area contributed by atoms with Gasteiger partial charge in [0.05, 0.1) is 6.33 Å². The Hall–Kier alpha value is -0.870. The van der Waals surface area contributed by atoms with Gasteiger partial charge in [0.1, 0.15) is 0 Å². The molecule has 106 valence electrons. The van der Waals surface area contributed by atoms with E-state index in [1.54, 1.807) is 0 Å². The molecule has 4 heteroatoms. The van der Waals surface area contributed by atoms with E-state index < -0.39 is 0 Å². The fourth-order valence-corrected chi connectivity index (χ4v) is 3.95. The average molecular weight is 262 g/mol. The molecule has 1 N–H and O–H groups in total. The van der Waals surface area contributed by atoms with Crippen molar-refractivity contribution in [1.29, 1.82) is 0 Å². The van der Waals surface area contributed by atoms with Gasteiger partial charge in [-0.2, -0.15) is 0 Å². The molecule has 0 saturated carbocycles. The predicted molar refractivity (Wildman–Crippen MR) is 77.1 cm³/mol. The van der Waals surface area contributed by atoms with Gasteiger partial charge < -0.3 is 9.88 Å². The number of hydrogen-bond acceptors (Lipinski definition) is 3. The molecule has 3 heterocycles. The van der Waals surface area contributed by atoms with Crippen LogP contribution in [0, 0.1) is 0 Å². The Labute approximate surface area is 116 Å². The number of aromatic nitrogens is 2. The van der Waals surface area contributed by atoms with Crippen LogP contribution in [0.25, 0.3) is 0 Å². The van der Waals surface area contributed by atoms with Crippen LogP contribution >= 0.6 is 0 Å². The van der Waals surface area contributed by atoms with Crippen LogP contribution in [0.5, 0.6) is 0 Å². The smallest absolute Gasteiger partial charge is 0.0946 e. The Morgan fingerprint density at radius 1 is 1.21 bits per heavy atom.